The van der Waals surface area contributed by atoms with Gasteiger partial charge in [-0.3, -0.25) is 0 Å². The molecule has 104 valence electrons. The summed E-state index contributed by atoms with van der Waals surface area (Å²) in [5, 5.41) is 88.5. The molecule has 0 aliphatic rings. The van der Waals surface area contributed by atoms with Crippen molar-refractivity contribution in [2.75, 3.05) is 0 Å². The van der Waals surface area contributed by atoms with Gasteiger partial charge in [0.05, 0.1) is 0 Å². The summed E-state index contributed by atoms with van der Waals surface area (Å²) in [6.07, 6.45) is 0. The van der Waals surface area contributed by atoms with Crippen molar-refractivity contribution in [3.63, 3.8) is 0 Å². The zero-order valence-electron chi connectivity index (χ0n) is 10.1. The minimum absolute atomic E-state index is 0. The topological polar surface area (TPSA) is 248 Å². The molecule has 12 nitrogen and oxygen atoms in total. The first-order valence-corrected chi connectivity index (χ1v) is 3.05. The van der Waals surface area contributed by atoms with Gasteiger partial charge in [-0.25, -0.2) is 0 Å². The first-order chi connectivity index (χ1) is 6.93. The van der Waals surface area contributed by atoms with Gasteiger partial charge < -0.3 is 60.3 Å². The van der Waals surface area contributed by atoms with Crippen LogP contribution in [0.4, 0.5) is 0 Å². The van der Waals surface area contributed by atoms with Crippen LogP contribution in [0.25, 0.3) is 0 Å². The molecule has 0 spiro atoms. The first-order valence-electron chi connectivity index (χ1n) is 3.05. The summed E-state index contributed by atoms with van der Waals surface area (Å²) >= 11 is 0. The number of hydrogen-bond acceptors (Lipinski definition) is 12. The summed E-state index contributed by atoms with van der Waals surface area (Å²) < 4.78 is 0. The van der Waals surface area contributed by atoms with E-state index in [1.165, 1.54) is 0 Å². The van der Waals surface area contributed by atoms with Crippen molar-refractivity contribution in [2.24, 2.45) is 0 Å². The third-order valence-corrected chi connectivity index (χ3v) is 0. The fraction of sp³-hybridized carbons (Fsp3) is 0. The van der Waals surface area contributed by atoms with E-state index in [9.17, 15) is 0 Å². The molecule has 10 N–H and O–H groups in total. The summed E-state index contributed by atoms with van der Waals surface area (Å²) in [6.45, 7) is 0. The molecule has 19 heteroatoms. The third kappa shape index (κ3) is 696. The Morgan fingerprint density at radius 1 is 0.474 bits per heavy atom. The summed E-state index contributed by atoms with van der Waals surface area (Å²) in [5.74, 6) is 0. The molecule has 0 heterocycles. The molecule has 0 aliphatic carbocycles. The molecule has 0 bridgehead atoms. The Morgan fingerprint density at radius 2 is 0.474 bits per heavy atom. The van der Waals surface area contributed by atoms with E-state index >= 15 is 0 Å². The minimum atomic E-state index is -2.42. The zero-order valence-corrected chi connectivity index (χ0v) is 17.3. The molecule has 0 aromatic carbocycles. The summed E-state index contributed by atoms with van der Waals surface area (Å²) in [7, 11) is -9.17. The maximum Gasteiger partial charge on any atom is 1.00 e. The average molecular weight is 358 g/mol. The van der Waals surface area contributed by atoms with Crippen molar-refractivity contribution in [1.29, 1.82) is 0 Å². The van der Waals surface area contributed by atoms with Crippen molar-refractivity contribution in [3.05, 3.63) is 0 Å². The van der Waals surface area contributed by atoms with Crippen LogP contribution in [0.2, 0.25) is 0 Å². The van der Waals surface area contributed by atoms with Crippen LogP contribution in [0, 0.1) is 0 Å². The number of hydrogen-bond donors (Lipinski definition) is 10. The molecule has 0 atom stereocenters. The predicted molar refractivity (Wildman–Crippen MR) is 55.6 cm³/mol. The fourth-order valence-electron chi connectivity index (χ4n) is 0. The van der Waals surface area contributed by atoms with Crippen LogP contribution < -0.4 is 113 Å². The molecule has 19 heavy (non-hydrogen) atoms. The van der Waals surface area contributed by atoms with Crippen LogP contribution in [0.15, 0.2) is 0 Å². The maximum absolute atomic E-state index is 8.64. The largest absolute Gasteiger partial charge is 1.00 e. The third-order valence-electron chi connectivity index (χ3n) is 0. The number of rotatable bonds is 0. The zero-order chi connectivity index (χ0) is 14.3. The van der Waals surface area contributed by atoms with E-state index in [0.717, 1.165) is 0 Å². The van der Waals surface area contributed by atoms with Crippen LogP contribution in [0.3, 0.4) is 0 Å². The summed E-state index contributed by atoms with van der Waals surface area (Å²) in [4.78, 5) is 0. The van der Waals surface area contributed by atoms with E-state index in [0.29, 0.717) is 0 Å². The van der Waals surface area contributed by atoms with Gasteiger partial charge >= 0.3 is 132 Å². The van der Waals surface area contributed by atoms with Gasteiger partial charge in [-0.15, -0.1) is 0 Å². The van der Waals surface area contributed by atoms with Crippen LogP contribution in [-0.2, 0) is 0 Å². The van der Waals surface area contributed by atoms with Gasteiger partial charge in [0.2, 0.25) is 0 Å². The van der Waals surface area contributed by atoms with E-state index in [2.05, 4.69) is 0 Å². The summed E-state index contributed by atoms with van der Waals surface area (Å²) in [5.41, 5.74) is 0. The fourth-order valence-corrected chi connectivity index (χ4v) is 0. The molecule has 0 unspecified atom stereocenters. The van der Waals surface area contributed by atoms with Gasteiger partial charge in [0, 0.05) is 0 Å². The van der Waals surface area contributed by atoms with Crippen molar-refractivity contribution >= 4 is 42.8 Å². The molecular formula is H12B4K2O12S. The van der Waals surface area contributed by atoms with Crippen molar-refractivity contribution < 1.29 is 163 Å². The minimum Gasteiger partial charge on any atom is -0.832 e. The molecule has 0 aromatic rings. The normalized spacial score (nSPS) is 5.68. The van der Waals surface area contributed by atoms with E-state index in [4.69, 9.17) is 60.3 Å². The second kappa shape index (κ2) is 37.6. The van der Waals surface area contributed by atoms with Gasteiger partial charge in [-0.05, 0) is 0 Å². The molecular weight excluding hydrogens is 345 g/mol. The quantitative estimate of drug-likeness (QED) is 0.181. The standard InChI is InChI=1S/2BH3O3.2BH2O3.2K.H2S/c4*2-1(3)4;;;/h2*2-4H;2*2-3H;;;1H2/q;;2*-1;2*+1;. The van der Waals surface area contributed by atoms with Gasteiger partial charge in [-0.1, -0.05) is 0 Å². The first kappa shape index (κ1) is 43.3. The second-order valence-corrected chi connectivity index (χ2v) is 1.35. The molecule has 0 saturated heterocycles. The SMILES string of the molecule is OB(O)O.OB(O)O.S.[K+].[K+].[O-]B(O)O.[O-]B(O)O. The maximum atomic E-state index is 8.64. The molecule has 0 radical (unpaired) electrons. The second-order valence-electron chi connectivity index (χ2n) is 1.35. The van der Waals surface area contributed by atoms with E-state index in [1.807, 2.05) is 0 Å². The van der Waals surface area contributed by atoms with Gasteiger partial charge in [-0.2, -0.15) is 13.5 Å². The van der Waals surface area contributed by atoms with Crippen LogP contribution >= 0.6 is 13.5 Å². The Hall–Kier alpha value is 3.40. The average Bonchev–Trinajstić information content (AvgIpc) is 1.76. The molecule has 0 fully saturated rings. The molecule has 0 aromatic heterocycles. The van der Waals surface area contributed by atoms with Crippen molar-refractivity contribution in [1.82, 2.24) is 0 Å². The monoisotopic (exact) mass is 358 g/mol. The Labute approximate surface area is 202 Å². The molecule has 0 saturated carbocycles. The Balaban J connectivity index is -0.0000000192. The van der Waals surface area contributed by atoms with Crippen molar-refractivity contribution in [2.45, 2.75) is 0 Å². The molecule has 0 aliphatic heterocycles. The molecule has 0 amide bonds. The van der Waals surface area contributed by atoms with Crippen molar-refractivity contribution in [3.8, 4) is 0 Å². The van der Waals surface area contributed by atoms with Crippen LogP contribution in [-0.4, -0.2) is 79.5 Å². The smallest absolute Gasteiger partial charge is 0.832 e. The summed E-state index contributed by atoms with van der Waals surface area (Å²) in [6, 6.07) is 0. The Kier molecular flexibility index (Phi) is 85.5. The van der Waals surface area contributed by atoms with Gasteiger partial charge in [0.15, 0.2) is 0 Å². The Morgan fingerprint density at radius 3 is 0.474 bits per heavy atom. The van der Waals surface area contributed by atoms with Gasteiger partial charge in [0.1, 0.15) is 0 Å². The van der Waals surface area contributed by atoms with Crippen LogP contribution in [0.1, 0.15) is 0 Å². The molecule has 0 rings (SSSR count). The predicted octanol–water partition coefficient (Wildman–Crippen LogP) is -15.4. The van der Waals surface area contributed by atoms with E-state index < -0.39 is 29.3 Å². The van der Waals surface area contributed by atoms with Crippen LogP contribution in [0.5, 0.6) is 0 Å². The Bertz CT molecular complexity index is 70.7. The van der Waals surface area contributed by atoms with E-state index in [1.54, 1.807) is 0 Å². The van der Waals surface area contributed by atoms with Gasteiger partial charge in [0.25, 0.3) is 0 Å². The van der Waals surface area contributed by atoms with E-state index in [-0.39, 0.29) is 116 Å².